The molecule has 0 bridgehead atoms. The highest BCUT2D eigenvalue weighted by molar-refractivity contribution is 7.80. The minimum absolute atomic E-state index is 0.218. The summed E-state index contributed by atoms with van der Waals surface area (Å²) in [6.07, 6.45) is 0. The number of amides is 1. The van der Waals surface area contributed by atoms with E-state index in [1.807, 2.05) is 49.4 Å². The largest absolute Gasteiger partial charge is 0.496 e. The van der Waals surface area contributed by atoms with Crippen molar-refractivity contribution >= 4 is 50.5 Å². The molecule has 2 N–H and O–H groups in total. The van der Waals surface area contributed by atoms with E-state index in [-0.39, 0.29) is 11.0 Å². The normalized spacial score (nSPS) is 10.6. The van der Waals surface area contributed by atoms with Crippen LogP contribution in [-0.4, -0.2) is 23.1 Å². The van der Waals surface area contributed by atoms with Crippen molar-refractivity contribution in [3.05, 3.63) is 77.9 Å². The fourth-order valence-electron chi connectivity index (χ4n) is 3.04. The monoisotopic (exact) mass is 433 g/mol. The molecule has 0 radical (unpaired) electrons. The molecule has 0 saturated heterocycles. The van der Waals surface area contributed by atoms with Crippen LogP contribution in [0, 0.1) is 6.92 Å². The second-order valence-electron chi connectivity index (χ2n) is 6.62. The van der Waals surface area contributed by atoms with Crippen LogP contribution in [-0.2, 0) is 0 Å². The lowest BCUT2D eigenvalue weighted by atomic mass is 10.1. The summed E-state index contributed by atoms with van der Waals surface area (Å²) < 4.78 is 6.39. The molecule has 30 heavy (non-hydrogen) atoms. The molecule has 0 aliphatic rings. The summed E-state index contributed by atoms with van der Waals surface area (Å²) in [5.41, 5.74) is 4.21. The molecule has 1 amide bonds. The van der Waals surface area contributed by atoms with Crippen molar-refractivity contribution in [3.63, 3.8) is 0 Å². The van der Waals surface area contributed by atoms with Crippen molar-refractivity contribution in [2.45, 2.75) is 6.92 Å². The lowest BCUT2D eigenvalue weighted by molar-refractivity contribution is 0.0975. The summed E-state index contributed by atoms with van der Waals surface area (Å²) in [6, 6.07) is 21.1. The van der Waals surface area contributed by atoms with Gasteiger partial charge in [-0.15, -0.1) is 11.3 Å². The molecular formula is C23H19N3O2S2. The van der Waals surface area contributed by atoms with Gasteiger partial charge in [0.2, 0.25) is 0 Å². The first kappa shape index (κ1) is 20.0. The van der Waals surface area contributed by atoms with Crippen molar-refractivity contribution in [2.24, 2.45) is 0 Å². The number of rotatable bonds is 4. The van der Waals surface area contributed by atoms with Gasteiger partial charge in [-0.2, -0.15) is 0 Å². The number of carbonyl (C=O) groups excluding carboxylic acids is 1. The van der Waals surface area contributed by atoms with Crippen LogP contribution in [0.4, 0.5) is 5.69 Å². The summed E-state index contributed by atoms with van der Waals surface area (Å²) in [7, 11) is 1.53. The number of methoxy groups -OCH3 is 1. The van der Waals surface area contributed by atoms with E-state index in [4.69, 9.17) is 21.9 Å². The summed E-state index contributed by atoms with van der Waals surface area (Å²) in [5.74, 6) is 0.164. The number of ether oxygens (including phenoxy) is 1. The van der Waals surface area contributed by atoms with Gasteiger partial charge in [0, 0.05) is 11.3 Å². The van der Waals surface area contributed by atoms with E-state index in [9.17, 15) is 4.79 Å². The van der Waals surface area contributed by atoms with Gasteiger partial charge in [0.1, 0.15) is 10.8 Å². The second kappa shape index (κ2) is 8.61. The highest BCUT2D eigenvalue weighted by Gasteiger charge is 2.14. The highest BCUT2D eigenvalue weighted by Crippen LogP contribution is 2.32. The summed E-state index contributed by atoms with van der Waals surface area (Å²) >= 11 is 7.01. The topological polar surface area (TPSA) is 63.2 Å². The van der Waals surface area contributed by atoms with E-state index in [2.05, 4.69) is 16.7 Å². The Morgan fingerprint density at radius 3 is 2.63 bits per heavy atom. The number of thiazole rings is 1. The van der Waals surface area contributed by atoms with Crippen LogP contribution in [0.3, 0.4) is 0 Å². The van der Waals surface area contributed by atoms with Gasteiger partial charge in [-0.3, -0.25) is 10.1 Å². The molecule has 4 rings (SSSR count). The van der Waals surface area contributed by atoms with Crippen LogP contribution in [0.5, 0.6) is 5.75 Å². The third-order valence-corrected chi connectivity index (χ3v) is 5.89. The highest BCUT2D eigenvalue weighted by atomic mass is 32.1. The van der Waals surface area contributed by atoms with E-state index in [0.717, 1.165) is 32.0 Å². The zero-order chi connectivity index (χ0) is 21.1. The number of nitrogens with one attached hydrogen (secondary N) is 2. The average Bonchev–Trinajstić information content (AvgIpc) is 3.19. The molecule has 1 heterocycles. The number of aryl methyl sites for hydroxylation is 1. The van der Waals surface area contributed by atoms with Gasteiger partial charge >= 0.3 is 0 Å². The maximum absolute atomic E-state index is 12.6. The molecule has 0 atom stereocenters. The minimum atomic E-state index is -0.329. The van der Waals surface area contributed by atoms with Crippen LogP contribution in [0.15, 0.2) is 66.7 Å². The molecule has 3 aromatic carbocycles. The van der Waals surface area contributed by atoms with Crippen LogP contribution in [0.2, 0.25) is 0 Å². The van der Waals surface area contributed by atoms with Crippen molar-refractivity contribution in [2.75, 3.05) is 12.4 Å². The molecule has 0 spiro atoms. The molecular weight excluding hydrogens is 414 g/mol. The van der Waals surface area contributed by atoms with E-state index in [0.29, 0.717) is 11.3 Å². The summed E-state index contributed by atoms with van der Waals surface area (Å²) in [5, 5.41) is 7.00. The Morgan fingerprint density at radius 1 is 1.07 bits per heavy atom. The molecule has 0 fully saturated rings. The lowest BCUT2D eigenvalue weighted by Gasteiger charge is -2.14. The number of hydrogen-bond donors (Lipinski definition) is 2. The molecule has 0 aliphatic heterocycles. The maximum Gasteiger partial charge on any atom is 0.261 e. The van der Waals surface area contributed by atoms with Gasteiger partial charge in [0.15, 0.2) is 5.11 Å². The molecule has 0 aliphatic carbocycles. The van der Waals surface area contributed by atoms with E-state index in [1.165, 1.54) is 7.11 Å². The van der Waals surface area contributed by atoms with Crippen LogP contribution in [0.25, 0.3) is 20.8 Å². The predicted molar refractivity (Wildman–Crippen MR) is 126 cm³/mol. The van der Waals surface area contributed by atoms with Gasteiger partial charge in [-0.1, -0.05) is 36.4 Å². The molecule has 4 aromatic rings. The standard InChI is InChI=1S/C23H19N3O2S2/c1-14-11-12-15(22-24-17-8-4-6-10-20(17)30-22)13-18(14)25-23(29)26-21(27)16-7-3-5-9-19(16)28-2/h3-13H,1-2H3,(H2,25,26,27,29). The first-order valence-electron chi connectivity index (χ1n) is 9.27. The Hall–Kier alpha value is -3.29. The molecule has 150 valence electrons. The lowest BCUT2D eigenvalue weighted by Crippen LogP contribution is -2.34. The Morgan fingerprint density at radius 2 is 1.83 bits per heavy atom. The van der Waals surface area contributed by atoms with Crippen LogP contribution < -0.4 is 15.4 Å². The Kier molecular flexibility index (Phi) is 5.74. The van der Waals surface area contributed by atoms with Crippen molar-refractivity contribution < 1.29 is 9.53 Å². The van der Waals surface area contributed by atoms with Crippen molar-refractivity contribution in [1.29, 1.82) is 0 Å². The number of nitrogens with zero attached hydrogens (tertiary/aromatic N) is 1. The van der Waals surface area contributed by atoms with E-state index in [1.54, 1.807) is 29.5 Å². The van der Waals surface area contributed by atoms with Gasteiger partial charge < -0.3 is 10.1 Å². The average molecular weight is 434 g/mol. The smallest absolute Gasteiger partial charge is 0.261 e. The van der Waals surface area contributed by atoms with Gasteiger partial charge in [0.05, 0.1) is 22.9 Å². The number of fused-ring (bicyclic) bond motifs is 1. The van der Waals surface area contributed by atoms with Gasteiger partial charge in [-0.25, -0.2) is 4.98 Å². The molecule has 7 heteroatoms. The van der Waals surface area contributed by atoms with Gasteiger partial charge in [-0.05, 0) is 55.0 Å². The van der Waals surface area contributed by atoms with E-state index >= 15 is 0 Å². The number of anilines is 1. The van der Waals surface area contributed by atoms with Crippen LogP contribution in [0.1, 0.15) is 15.9 Å². The minimum Gasteiger partial charge on any atom is -0.496 e. The Labute approximate surface area is 183 Å². The number of aromatic nitrogens is 1. The SMILES string of the molecule is COc1ccccc1C(=O)NC(=S)Nc1cc(-c2nc3ccccc3s2)ccc1C. The summed E-state index contributed by atoms with van der Waals surface area (Å²) in [6.45, 7) is 1.98. The van der Waals surface area contributed by atoms with Crippen molar-refractivity contribution in [3.8, 4) is 16.3 Å². The van der Waals surface area contributed by atoms with Crippen LogP contribution >= 0.6 is 23.6 Å². The Balaban J connectivity index is 1.53. The zero-order valence-electron chi connectivity index (χ0n) is 16.4. The third kappa shape index (κ3) is 4.17. The quantitative estimate of drug-likeness (QED) is 0.422. The fraction of sp³-hybridized carbons (Fsp3) is 0.0870. The number of benzene rings is 3. The second-order valence-corrected chi connectivity index (χ2v) is 8.06. The molecule has 0 unspecified atom stereocenters. The molecule has 0 saturated carbocycles. The fourth-order valence-corrected chi connectivity index (χ4v) is 4.21. The number of para-hydroxylation sites is 2. The number of hydrogen-bond acceptors (Lipinski definition) is 5. The third-order valence-electron chi connectivity index (χ3n) is 4.61. The number of thiocarbonyl (C=S) groups is 1. The van der Waals surface area contributed by atoms with Gasteiger partial charge in [0.25, 0.3) is 5.91 Å². The molecule has 5 nitrogen and oxygen atoms in total. The summed E-state index contributed by atoms with van der Waals surface area (Å²) in [4.78, 5) is 17.3. The first-order valence-corrected chi connectivity index (χ1v) is 10.5. The first-order chi connectivity index (χ1) is 14.5. The zero-order valence-corrected chi connectivity index (χ0v) is 18.1. The Bertz CT molecular complexity index is 1220. The number of carbonyl (C=O) groups is 1. The van der Waals surface area contributed by atoms with Crippen molar-refractivity contribution in [1.82, 2.24) is 10.3 Å². The van der Waals surface area contributed by atoms with E-state index < -0.39 is 0 Å². The molecule has 1 aromatic heterocycles. The predicted octanol–water partition coefficient (Wildman–Crippen LogP) is 5.41. The maximum atomic E-state index is 12.6.